The minimum Gasteiger partial charge on any atom is -0.381 e. The second-order valence-corrected chi connectivity index (χ2v) is 6.42. The summed E-state index contributed by atoms with van der Waals surface area (Å²) in [7, 11) is 0. The lowest BCUT2D eigenvalue weighted by molar-refractivity contribution is 0.0631. The van der Waals surface area contributed by atoms with Crippen molar-refractivity contribution in [1.82, 2.24) is 0 Å². The summed E-state index contributed by atoms with van der Waals surface area (Å²) in [6, 6.07) is 4.64. The summed E-state index contributed by atoms with van der Waals surface area (Å²) < 4.78 is 5.38. The molecule has 0 aromatic carbocycles. The van der Waals surface area contributed by atoms with E-state index in [1.54, 1.807) is 0 Å². The molecule has 18 heavy (non-hydrogen) atoms. The maximum Gasteiger partial charge on any atom is 0.0468 e. The summed E-state index contributed by atoms with van der Waals surface area (Å²) in [6.45, 7) is 1.95. The van der Waals surface area contributed by atoms with Crippen molar-refractivity contribution in [2.75, 3.05) is 13.2 Å². The van der Waals surface area contributed by atoms with Crippen LogP contribution in [0.1, 0.15) is 43.4 Å². The highest BCUT2D eigenvalue weighted by molar-refractivity contribution is 7.09. The van der Waals surface area contributed by atoms with Crippen molar-refractivity contribution in [3.05, 3.63) is 22.4 Å². The van der Waals surface area contributed by atoms with Crippen molar-refractivity contribution in [3.63, 3.8) is 0 Å². The fourth-order valence-electron chi connectivity index (χ4n) is 2.66. The van der Waals surface area contributed by atoms with E-state index >= 15 is 0 Å². The SMILES string of the molecule is NC(CCCCC1CCOCC1)Cc1cccs1. The highest BCUT2D eigenvalue weighted by Gasteiger charge is 2.13. The zero-order valence-electron chi connectivity index (χ0n) is 11.1. The molecule has 2 heterocycles. The molecule has 2 rings (SSSR count). The summed E-state index contributed by atoms with van der Waals surface area (Å²) in [5.74, 6) is 0.910. The summed E-state index contributed by atoms with van der Waals surface area (Å²) in [4.78, 5) is 1.42. The standard InChI is InChI=1S/C15H25NOS/c16-14(12-15-6-3-11-18-15)5-2-1-4-13-7-9-17-10-8-13/h3,6,11,13-14H,1-2,4-5,7-10,12,16H2. The molecule has 2 nitrogen and oxygen atoms in total. The molecule has 1 saturated heterocycles. The largest absolute Gasteiger partial charge is 0.381 e. The van der Waals surface area contributed by atoms with E-state index in [2.05, 4.69) is 17.5 Å². The minimum atomic E-state index is 0.346. The van der Waals surface area contributed by atoms with Crippen LogP contribution in [0.3, 0.4) is 0 Å². The Labute approximate surface area is 115 Å². The lowest BCUT2D eigenvalue weighted by atomic mass is 9.93. The van der Waals surface area contributed by atoms with E-state index in [0.717, 1.165) is 25.6 Å². The van der Waals surface area contributed by atoms with Crippen LogP contribution in [0.15, 0.2) is 17.5 Å². The van der Waals surface area contributed by atoms with Crippen molar-refractivity contribution < 1.29 is 4.74 Å². The van der Waals surface area contributed by atoms with E-state index in [1.165, 1.54) is 43.4 Å². The third kappa shape index (κ3) is 5.09. The first-order valence-corrected chi connectivity index (χ1v) is 8.08. The van der Waals surface area contributed by atoms with E-state index in [9.17, 15) is 0 Å². The highest BCUT2D eigenvalue weighted by atomic mass is 32.1. The zero-order chi connectivity index (χ0) is 12.6. The Balaban J connectivity index is 1.52. The van der Waals surface area contributed by atoms with E-state index in [4.69, 9.17) is 10.5 Å². The Morgan fingerprint density at radius 2 is 2.17 bits per heavy atom. The van der Waals surface area contributed by atoms with Gasteiger partial charge in [0.05, 0.1) is 0 Å². The first-order chi connectivity index (χ1) is 8.84. The number of unbranched alkanes of at least 4 members (excludes halogenated alkanes) is 1. The van der Waals surface area contributed by atoms with E-state index in [-0.39, 0.29) is 0 Å². The molecule has 0 aliphatic carbocycles. The average Bonchev–Trinajstić information content (AvgIpc) is 2.89. The highest BCUT2D eigenvalue weighted by Crippen LogP contribution is 2.21. The van der Waals surface area contributed by atoms with Gasteiger partial charge < -0.3 is 10.5 Å². The quantitative estimate of drug-likeness (QED) is 0.766. The number of hydrogen-bond acceptors (Lipinski definition) is 3. The Kier molecular flexibility index (Phi) is 6.18. The van der Waals surface area contributed by atoms with Gasteiger partial charge in [-0.25, -0.2) is 0 Å². The van der Waals surface area contributed by atoms with Gasteiger partial charge in [0.15, 0.2) is 0 Å². The van der Waals surface area contributed by atoms with Crippen molar-refractivity contribution in [2.24, 2.45) is 11.7 Å². The maximum atomic E-state index is 6.17. The van der Waals surface area contributed by atoms with Gasteiger partial charge in [-0.2, -0.15) is 0 Å². The van der Waals surface area contributed by atoms with Crippen LogP contribution in [0.5, 0.6) is 0 Å². The third-order valence-electron chi connectivity index (χ3n) is 3.82. The van der Waals surface area contributed by atoms with E-state index in [1.807, 2.05) is 11.3 Å². The molecule has 1 aliphatic heterocycles. The summed E-state index contributed by atoms with van der Waals surface area (Å²) in [5.41, 5.74) is 6.17. The molecule has 1 unspecified atom stereocenters. The number of ether oxygens (including phenoxy) is 1. The molecule has 3 heteroatoms. The van der Waals surface area contributed by atoms with Crippen LogP contribution in [-0.4, -0.2) is 19.3 Å². The molecular weight excluding hydrogens is 242 g/mol. The van der Waals surface area contributed by atoms with Crippen molar-refractivity contribution in [3.8, 4) is 0 Å². The first-order valence-electron chi connectivity index (χ1n) is 7.20. The van der Waals surface area contributed by atoms with Gasteiger partial charge in [-0.05, 0) is 43.0 Å². The minimum absolute atomic E-state index is 0.346. The number of hydrogen-bond donors (Lipinski definition) is 1. The second kappa shape index (κ2) is 7.93. The van der Waals surface area contributed by atoms with Gasteiger partial charge in [-0.3, -0.25) is 0 Å². The molecule has 0 amide bonds. The van der Waals surface area contributed by atoms with Crippen LogP contribution in [-0.2, 0) is 11.2 Å². The molecule has 2 N–H and O–H groups in total. The molecular formula is C15H25NOS. The Bertz CT molecular complexity index is 306. The van der Waals surface area contributed by atoms with Crippen molar-refractivity contribution >= 4 is 11.3 Å². The molecule has 1 fully saturated rings. The molecule has 0 saturated carbocycles. The zero-order valence-corrected chi connectivity index (χ0v) is 12.0. The number of rotatable bonds is 7. The molecule has 1 atom stereocenters. The predicted octanol–water partition coefficient (Wildman–Crippen LogP) is 3.60. The van der Waals surface area contributed by atoms with Gasteiger partial charge in [0, 0.05) is 24.1 Å². The monoisotopic (exact) mass is 267 g/mol. The molecule has 1 aromatic rings. The van der Waals surface area contributed by atoms with Crippen molar-refractivity contribution in [1.29, 1.82) is 0 Å². The lowest BCUT2D eigenvalue weighted by Crippen LogP contribution is -2.22. The van der Waals surface area contributed by atoms with Crippen LogP contribution in [0, 0.1) is 5.92 Å². The maximum absolute atomic E-state index is 6.17. The first kappa shape index (κ1) is 14.0. The van der Waals surface area contributed by atoms with Gasteiger partial charge in [-0.15, -0.1) is 11.3 Å². The van der Waals surface area contributed by atoms with Crippen LogP contribution >= 0.6 is 11.3 Å². The van der Waals surface area contributed by atoms with Crippen LogP contribution in [0.4, 0.5) is 0 Å². The van der Waals surface area contributed by atoms with Crippen LogP contribution < -0.4 is 5.73 Å². The van der Waals surface area contributed by atoms with Gasteiger partial charge in [-0.1, -0.05) is 25.3 Å². The molecule has 0 spiro atoms. The fraction of sp³-hybridized carbons (Fsp3) is 0.733. The van der Waals surface area contributed by atoms with Crippen molar-refractivity contribution in [2.45, 2.75) is 51.0 Å². The number of thiophene rings is 1. The smallest absolute Gasteiger partial charge is 0.0468 e. The van der Waals surface area contributed by atoms with Gasteiger partial charge in [0.25, 0.3) is 0 Å². The Hall–Kier alpha value is -0.380. The average molecular weight is 267 g/mol. The summed E-state index contributed by atoms with van der Waals surface area (Å²) in [6.07, 6.45) is 8.74. The van der Waals surface area contributed by atoms with E-state index < -0.39 is 0 Å². The third-order valence-corrected chi connectivity index (χ3v) is 4.72. The second-order valence-electron chi connectivity index (χ2n) is 5.38. The van der Waals surface area contributed by atoms with Gasteiger partial charge in [0.2, 0.25) is 0 Å². The normalized spacial score (nSPS) is 18.9. The number of nitrogens with two attached hydrogens (primary N) is 1. The molecule has 1 aliphatic rings. The van der Waals surface area contributed by atoms with E-state index in [0.29, 0.717) is 6.04 Å². The molecule has 1 aromatic heterocycles. The van der Waals surface area contributed by atoms with Crippen LogP contribution in [0.2, 0.25) is 0 Å². The fourth-order valence-corrected chi connectivity index (χ4v) is 3.46. The summed E-state index contributed by atoms with van der Waals surface area (Å²) in [5, 5.41) is 2.13. The summed E-state index contributed by atoms with van der Waals surface area (Å²) >= 11 is 1.82. The lowest BCUT2D eigenvalue weighted by Gasteiger charge is -2.22. The molecule has 0 bridgehead atoms. The molecule has 0 radical (unpaired) electrons. The van der Waals surface area contributed by atoms with Gasteiger partial charge in [0.1, 0.15) is 0 Å². The molecule has 102 valence electrons. The van der Waals surface area contributed by atoms with Gasteiger partial charge >= 0.3 is 0 Å². The Morgan fingerprint density at radius 1 is 1.33 bits per heavy atom. The predicted molar refractivity (Wildman–Crippen MR) is 78.0 cm³/mol. The topological polar surface area (TPSA) is 35.2 Å². The van der Waals surface area contributed by atoms with Crippen LogP contribution in [0.25, 0.3) is 0 Å². The Morgan fingerprint density at radius 3 is 2.89 bits per heavy atom.